The van der Waals surface area contributed by atoms with E-state index in [0.717, 1.165) is 5.69 Å². The number of fused-ring (bicyclic) bond motifs is 3. The molecule has 43 heavy (non-hydrogen) atoms. The van der Waals surface area contributed by atoms with Crippen LogP contribution < -0.4 is 20.1 Å². The topological polar surface area (TPSA) is 106 Å². The molecule has 1 amide bonds. The number of rotatable bonds is 9. The summed E-state index contributed by atoms with van der Waals surface area (Å²) >= 11 is 13.5. The predicted molar refractivity (Wildman–Crippen MR) is 168 cm³/mol. The Morgan fingerprint density at radius 2 is 1.77 bits per heavy atom. The molecule has 0 radical (unpaired) electrons. The molecular weight excluding hydrogens is 596 g/mol. The molecule has 3 heterocycles. The molecule has 10 nitrogen and oxygen atoms in total. The maximum Gasteiger partial charge on any atom is 0.248 e. The smallest absolute Gasteiger partial charge is 0.248 e. The number of halogens is 3. The van der Waals surface area contributed by atoms with Gasteiger partial charge in [0, 0.05) is 47.6 Å². The normalized spacial score (nSPS) is 11.6. The van der Waals surface area contributed by atoms with E-state index in [1.165, 1.54) is 38.5 Å². The van der Waals surface area contributed by atoms with Crippen molar-refractivity contribution < 1.29 is 18.7 Å². The third kappa shape index (κ3) is 6.19. The summed E-state index contributed by atoms with van der Waals surface area (Å²) in [5.41, 5.74) is 3.58. The first kappa shape index (κ1) is 30.0. The Labute approximate surface area is 257 Å². The SMILES string of the molecule is COc1cc(OC)c(Cl)c(-c2cc3cnc(Nc4ccc(F)cc4NC(=O)/C=C/CN(C)C)nc3n3cc(C)nc23)c1Cl. The van der Waals surface area contributed by atoms with Gasteiger partial charge in [0.25, 0.3) is 0 Å². The summed E-state index contributed by atoms with van der Waals surface area (Å²) in [6.45, 7) is 2.44. The highest BCUT2D eigenvalue weighted by Crippen LogP contribution is 2.47. The Balaban J connectivity index is 1.57. The number of amides is 1. The zero-order valence-electron chi connectivity index (χ0n) is 24.0. The highest BCUT2D eigenvalue weighted by Gasteiger charge is 2.23. The molecule has 0 bridgehead atoms. The van der Waals surface area contributed by atoms with E-state index in [1.54, 1.807) is 18.3 Å². The highest BCUT2D eigenvalue weighted by atomic mass is 35.5. The van der Waals surface area contributed by atoms with Gasteiger partial charge in [0.1, 0.15) is 23.0 Å². The van der Waals surface area contributed by atoms with E-state index >= 15 is 0 Å². The predicted octanol–water partition coefficient (Wildman–Crippen LogP) is 6.52. The first-order valence-electron chi connectivity index (χ1n) is 13.0. The van der Waals surface area contributed by atoms with Gasteiger partial charge in [0.15, 0.2) is 5.65 Å². The number of imidazole rings is 1. The van der Waals surface area contributed by atoms with Crippen LogP contribution in [-0.4, -0.2) is 65.0 Å². The number of anilines is 3. The Kier molecular flexibility index (Phi) is 8.67. The Morgan fingerprint density at radius 3 is 2.44 bits per heavy atom. The van der Waals surface area contributed by atoms with Gasteiger partial charge >= 0.3 is 0 Å². The molecule has 3 aromatic heterocycles. The van der Waals surface area contributed by atoms with Crippen LogP contribution in [0.15, 0.2) is 54.9 Å². The maximum absolute atomic E-state index is 14.1. The molecule has 0 aliphatic rings. The Hall–Kier alpha value is -4.45. The second kappa shape index (κ2) is 12.4. The minimum absolute atomic E-state index is 0.220. The van der Waals surface area contributed by atoms with Crippen LogP contribution in [0.3, 0.4) is 0 Å². The number of ether oxygens (including phenoxy) is 2. The third-order valence-electron chi connectivity index (χ3n) is 6.46. The molecule has 0 saturated heterocycles. The number of carbonyl (C=O) groups is 1. The second-order valence-electron chi connectivity index (χ2n) is 9.86. The van der Waals surface area contributed by atoms with Gasteiger partial charge < -0.3 is 25.0 Å². The van der Waals surface area contributed by atoms with E-state index in [1.807, 2.05) is 42.6 Å². The number of benzene rings is 2. The number of likely N-dealkylation sites (N-methyl/N-ethyl adjacent to an activating group) is 1. The lowest BCUT2D eigenvalue weighted by atomic mass is 10.0. The highest BCUT2D eigenvalue weighted by molar-refractivity contribution is 6.41. The van der Waals surface area contributed by atoms with Gasteiger partial charge in [-0.3, -0.25) is 9.20 Å². The molecule has 0 saturated carbocycles. The fraction of sp³-hybridized carbons (Fsp3) is 0.200. The van der Waals surface area contributed by atoms with Crippen LogP contribution in [0.25, 0.3) is 27.8 Å². The number of hydrogen-bond donors (Lipinski definition) is 2. The van der Waals surface area contributed by atoms with Gasteiger partial charge in [-0.1, -0.05) is 29.3 Å². The lowest BCUT2D eigenvalue weighted by Crippen LogP contribution is -2.13. The van der Waals surface area contributed by atoms with Crippen molar-refractivity contribution in [1.29, 1.82) is 0 Å². The zero-order chi connectivity index (χ0) is 30.8. The van der Waals surface area contributed by atoms with Crippen LogP contribution in [0.4, 0.5) is 21.7 Å². The number of nitrogens with zero attached hydrogens (tertiary/aromatic N) is 5. The van der Waals surface area contributed by atoms with Crippen molar-refractivity contribution in [2.45, 2.75) is 6.92 Å². The Bertz CT molecular complexity index is 1860. The number of nitrogens with one attached hydrogen (secondary N) is 2. The Morgan fingerprint density at radius 1 is 1.05 bits per heavy atom. The van der Waals surface area contributed by atoms with Crippen molar-refractivity contribution in [3.8, 4) is 22.6 Å². The monoisotopic (exact) mass is 623 g/mol. The van der Waals surface area contributed by atoms with Gasteiger partial charge in [0.2, 0.25) is 11.9 Å². The molecular formula is C30H28Cl2FN7O3. The molecule has 2 aromatic carbocycles. The van der Waals surface area contributed by atoms with Crippen molar-refractivity contribution in [1.82, 2.24) is 24.3 Å². The minimum Gasteiger partial charge on any atom is -0.495 e. The molecule has 0 atom stereocenters. The second-order valence-corrected chi connectivity index (χ2v) is 10.6. The van der Waals surface area contributed by atoms with Gasteiger partial charge in [0.05, 0.1) is 41.3 Å². The first-order chi connectivity index (χ1) is 20.6. The van der Waals surface area contributed by atoms with Crippen molar-refractivity contribution >= 4 is 63.1 Å². The minimum atomic E-state index is -0.507. The van der Waals surface area contributed by atoms with Crippen molar-refractivity contribution in [2.75, 3.05) is 45.5 Å². The summed E-state index contributed by atoms with van der Waals surface area (Å²) in [6.07, 6.45) is 6.57. The average molecular weight is 625 g/mol. The zero-order valence-corrected chi connectivity index (χ0v) is 25.5. The number of methoxy groups -OCH3 is 2. The third-order valence-corrected chi connectivity index (χ3v) is 7.21. The molecule has 0 fully saturated rings. The van der Waals surface area contributed by atoms with Crippen LogP contribution in [0.5, 0.6) is 11.5 Å². The molecule has 5 aromatic rings. The van der Waals surface area contributed by atoms with Gasteiger partial charge in [-0.2, -0.15) is 4.98 Å². The van der Waals surface area contributed by atoms with Gasteiger partial charge in [-0.25, -0.2) is 14.4 Å². The number of hydrogen-bond acceptors (Lipinski definition) is 8. The summed E-state index contributed by atoms with van der Waals surface area (Å²) in [4.78, 5) is 28.3. The summed E-state index contributed by atoms with van der Waals surface area (Å²) in [5.74, 6) is 0.102. The fourth-order valence-corrected chi connectivity index (χ4v) is 5.21. The molecule has 2 N–H and O–H groups in total. The number of aromatic nitrogens is 4. The van der Waals surface area contributed by atoms with E-state index in [-0.39, 0.29) is 11.6 Å². The van der Waals surface area contributed by atoms with E-state index in [4.69, 9.17) is 42.6 Å². The number of pyridine rings is 1. The van der Waals surface area contributed by atoms with Crippen molar-refractivity contribution in [3.05, 3.63) is 76.4 Å². The standard InChI is InChI=1S/C30H28Cl2FN7O3/c1-16-15-40-28-17(11-19(29(40)35-16)25-26(31)22(42-4)13-23(43-5)27(25)32)14-34-30(38-28)37-20-9-8-18(33)12-21(20)36-24(41)7-6-10-39(2)3/h6-9,11-15H,10H2,1-5H3,(H,36,41)(H,34,37,38)/b7-6+. The molecule has 13 heteroatoms. The van der Waals surface area contributed by atoms with Gasteiger partial charge in [-0.05, 0) is 45.3 Å². The van der Waals surface area contributed by atoms with Crippen molar-refractivity contribution in [3.63, 3.8) is 0 Å². The molecule has 5 rings (SSSR count). The lowest BCUT2D eigenvalue weighted by Gasteiger charge is -2.16. The van der Waals surface area contributed by atoms with Gasteiger partial charge in [-0.15, -0.1) is 0 Å². The number of aryl methyl sites for hydroxylation is 1. The van der Waals surface area contributed by atoms with Crippen molar-refractivity contribution in [2.24, 2.45) is 0 Å². The lowest BCUT2D eigenvalue weighted by molar-refractivity contribution is -0.111. The summed E-state index contributed by atoms with van der Waals surface area (Å²) < 4.78 is 26.9. The van der Waals surface area contributed by atoms with E-state index in [9.17, 15) is 9.18 Å². The molecule has 0 spiro atoms. The summed E-state index contributed by atoms with van der Waals surface area (Å²) in [7, 11) is 6.80. The molecule has 0 aliphatic heterocycles. The quantitative estimate of drug-likeness (QED) is 0.179. The van der Waals surface area contributed by atoms with Crippen LogP contribution >= 0.6 is 23.2 Å². The van der Waals surface area contributed by atoms with E-state index in [2.05, 4.69) is 15.6 Å². The largest absolute Gasteiger partial charge is 0.495 e. The number of carbonyl (C=O) groups excluding carboxylic acids is 1. The van der Waals surface area contributed by atoms with Crippen LogP contribution in [-0.2, 0) is 4.79 Å². The fourth-order valence-electron chi connectivity index (χ4n) is 4.51. The molecule has 0 aliphatic carbocycles. The van der Waals surface area contributed by atoms with Crippen LogP contribution in [0, 0.1) is 12.7 Å². The molecule has 0 unspecified atom stereocenters. The van der Waals surface area contributed by atoms with E-state index in [0.29, 0.717) is 61.6 Å². The average Bonchev–Trinajstić information content (AvgIpc) is 3.36. The summed E-state index contributed by atoms with van der Waals surface area (Å²) in [5, 5.41) is 7.07. The van der Waals surface area contributed by atoms with Crippen LogP contribution in [0.1, 0.15) is 5.69 Å². The first-order valence-corrected chi connectivity index (χ1v) is 13.8. The molecule has 222 valence electrons. The maximum atomic E-state index is 14.1. The van der Waals surface area contributed by atoms with Crippen LogP contribution in [0.2, 0.25) is 10.0 Å². The van der Waals surface area contributed by atoms with E-state index < -0.39 is 11.7 Å². The summed E-state index contributed by atoms with van der Waals surface area (Å²) in [6, 6.07) is 7.47.